The van der Waals surface area contributed by atoms with Crippen LogP contribution in [0.15, 0.2) is 23.0 Å². The number of nitrogens with zero attached hydrogens (tertiary/aromatic N) is 2. The van der Waals surface area contributed by atoms with Gasteiger partial charge in [0.1, 0.15) is 0 Å². The highest BCUT2D eigenvalue weighted by molar-refractivity contribution is 5.84. The van der Waals surface area contributed by atoms with Crippen molar-refractivity contribution in [1.82, 2.24) is 9.78 Å². The first-order chi connectivity index (χ1) is 7.13. The maximum atomic E-state index is 11.3. The van der Waals surface area contributed by atoms with Crippen LogP contribution in [0.5, 0.6) is 0 Å². The Kier molecular flexibility index (Phi) is 3.79. The van der Waals surface area contributed by atoms with Gasteiger partial charge in [-0.1, -0.05) is 6.92 Å². The summed E-state index contributed by atoms with van der Waals surface area (Å²) in [4.78, 5) is 21.5. The van der Waals surface area contributed by atoms with Gasteiger partial charge in [-0.15, -0.1) is 0 Å². The summed E-state index contributed by atoms with van der Waals surface area (Å²) in [5, 5.41) is 12.4. The van der Waals surface area contributed by atoms with Gasteiger partial charge in [0, 0.05) is 18.7 Å². The predicted molar refractivity (Wildman–Crippen MR) is 55.5 cm³/mol. The van der Waals surface area contributed by atoms with Crippen molar-refractivity contribution < 1.29 is 9.90 Å². The SMILES string of the molecule is CCCn1nc(/C=C/C(=O)O)ccc1=O. The number of aromatic nitrogens is 2. The molecule has 0 saturated carbocycles. The Bertz CT molecular complexity index is 435. The molecule has 80 valence electrons. The highest BCUT2D eigenvalue weighted by Crippen LogP contribution is 1.94. The number of rotatable bonds is 4. The van der Waals surface area contributed by atoms with Crippen LogP contribution in [0.3, 0.4) is 0 Å². The van der Waals surface area contributed by atoms with Gasteiger partial charge < -0.3 is 5.11 Å². The zero-order chi connectivity index (χ0) is 11.3. The van der Waals surface area contributed by atoms with Crippen molar-refractivity contribution in [2.45, 2.75) is 19.9 Å². The third-order valence-corrected chi connectivity index (χ3v) is 1.72. The van der Waals surface area contributed by atoms with Crippen LogP contribution >= 0.6 is 0 Å². The Labute approximate surface area is 86.7 Å². The molecule has 1 rings (SSSR count). The van der Waals surface area contributed by atoms with E-state index in [4.69, 9.17) is 5.11 Å². The first kappa shape index (κ1) is 11.2. The van der Waals surface area contributed by atoms with Gasteiger partial charge in [-0.2, -0.15) is 5.10 Å². The molecule has 0 atom stereocenters. The van der Waals surface area contributed by atoms with Crippen molar-refractivity contribution in [1.29, 1.82) is 0 Å². The summed E-state index contributed by atoms with van der Waals surface area (Å²) < 4.78 is 1.32. The Morgan fingerprint density at radius 1 is 1.60 bits per heavy atom. The molecule has 1 N–H and O–H groups in total. The smallest absolute Gasteiger partial charge is 0.328 e. The standard InChI is InChI=1S/C10H12N2O3/c1-2-7-12-9(13)5-3-8(11-12)4-6-10(14)15/h3-6H,2,7H2,1H3,(H,14,15)/b6-4+. The normalized spacial score (nSPS) is 10.7. The summed E-state index contributed by atoms with van der Waals surface area (Å²) in [7, 11) is 0. The van der Waals surface area contributed by atoms with Crippen LogP contribution in [0.2, 0.25) is 0 Å². The molecule has 5 heteroatoms. The van der Waals surface area contributed by atoms with E-state index in [1.165, 1.54) is 22.9 Å². The van der Waals surface area contributed by atoms with Crippen LogP contribution in [-0.4, -0.2) is 20.9 Å². The lowest BCUT2D eigenvalue weighted by molar-refractivity contribution is -0.131. The van der Waals surface area contributed by atoms with Gasteiger partial charge in [-0.25, -0.2) is 9.48 Å². The highest BCUT2D eigenvalue weighted by Gasteiger charge is 1.97. The molecule has 1 aromatic heterocycles. The van der Waals surface area contributed by atoms with Gasteiger partial charge >= 0.3 is 5.97 Å². The maximum Gasteiger partial charge on any atom is 0.328 e. The van der Waals surface area contributed by atoms with Crippen LogP contribution in [0.4, 0.5) is 0 Å². The van der Waals surface area contributed by atoms with Crippen molar-refractivity contribution in [3.05, 3.63) is 34.3 Å². The number of hydrogen-bond acceptors (Lipinski definition) is 3. The summed E-state index contributed by atoms with van der Waals surface area (Å²) in [6.07, 6.45) is 3.15. The minimum Gasteiger partial charge on any atom is -0.478 e. The van der Waals surface area contributed by atoms with E-state index in [1.54, 1.807) is 0 Å². The molecule has 5 nitrogen and oxygen atoms in total. The molecule has 1 heterocycles. The third kappa shape index (κ3) is 3.38. The molecule has 0 spiro atoms. The Balaban J connectivity index is 2.97. The molecule has 0 aliphatic rings. The van der Waals surface area contributed by atoms with E-state index in [1.807, 2.05) is 6.92 Å². The summed E-state index contributed by atoms with van der Waals surface area (Å²) in [5.74, 6) is -1.04. The summed E-state index contributed by atoms with van der Waals surface area (Å²) in [6, 6.07) is 2.87. The summed E-state index contributed by atoms with van der Waals surface area (Å²) in [6.45, 7) is 2.47. The molecule has 0 amide bonds. The molecular formula is C10H12N2O3. The van der Waals surface area contributed by atoms with Gasteiger partial charge in [-0.05, 0) is 18.6 Å². The second-order valence-corrected chi connectivity index (χ2v) is 2.99. The number of aryl methyl sites for hydroxylation is 1. The van der Waals surface area contributed by atoms with Gasteiger partial charge in [-0.3, -0.25) is 4.79 Å². The van der Waals surface area contributed by atoms with Gasteiger partial charge in [0.15, 0.2) is 0 Å². The number of aliphatic carboxylic acids is 1. The zero-order valence-corrected chi connectivity index (χ0v) is 8.38. The molecule has 0 aromatic carbocycles. The summed E-state index contributed by atoms with van der Waals surface area (Å²) >= 11 is 0. The highest BCUT2D eigenvalue weighted by atomic mass is 16.4. The van der Waals surface area contributed by atoms with E-state index >= 15 is 0 Å². The van der Waals surface area contributed by atoms with E-state index in [2.05, 4.69) is 5.10 Å². The molecule has 15 heavy (non-hydrogen) atoms. The van der Waals surface area contributed by atoms with Crippen LogP contribution in [0, 0.1) is 0 Å². The monoisotopic (exact) mass is 208 g/mol. The van der Waals surface area contributed by atoms with Crippen LogP contribution in [0.1, 0.15) is 19.0 Å². The lowest BCUT2D eigenvalue weighted by Crippen LogP contribution is -2.22. The molecule has 0 aliphatic heterocycles. The summed E-state index contributed by atoms with van der Waals surface area (Å²) in [5.41, 5.74) is 0.287. The van der Waals surface area contributed by atoms with Crippen molar-refractivity contribution in [3.63, 3.8) is 0 Å². The second kappa shape index (κ2) is 5.09. The fourth-order valence-corrected chi connectivity index (χ4v) is 1.08. The molecule has 0 radical (unpaired) electrons. The number of carbonyl (C=O) groups is 1. The predicted octanol–water partition coefficient (Wildman–Crippen LogP) is 0.751. The number of carboxylic acids is 1. The molecule has 0 fully saturated rings. The molecule has 0 unspecified atom stereocenters. The van der Waals surface area contributed by atoms with E-state index in [0.29, 0.717) is 12.2 Å². The van der Waals surface area contributed by atoms with E-state index < -0.39 is 5.97 Å². The average molecular weight is 208 g/mol. The number of carboxylic acid groups (broad SMARTS) is 1. The lowest BCUT2D eigenvalue weighted by atomic mass is 10.3. The fraction of sp³-hybridized carbons (Fsp3) is 0.300. The van der Waals surface area contributed by atoms with Crippen molar-refractivity contribution in [2.24, 2.45) is 0 Å². The van der Waals surface area contributed by atoms with Crippen molar-refractivity contribution in [2.75, 3.05) is 0 Å². The topological polar surface area (TPSA) is 72.2 Å². The van der Waals surface area contributed by atoms with E-state index in [9.17, 15) is 9.59 Å². The van der Waals surface area contributed by atoms with Crippen molar-refractivity contribution >= 4 is 12.0 Å². The molecule has 0 bridgehead atoms. The molecular weight excluding hydrogens is 196 g/mol. The van der Waals surface area contributed by atoms with E-state index in [0.717, 1.165) is 12.5 Å². The van der Waals surface area contributed by atoms with Gasteiger partial charge in [0.2, 0.25) is 0 Å². The average Bonchev–Trinajstić information content (AvgIpc) is 2.19. The molecule has 0 saturated heterocycles. The van der Waals surface area contributed by atoms with Crippen LogP contribution in [0.25, 0.3) is 6.08 Å². The Hall–Kier alpha value is -1.91. The fourth-order valence-electron chi connectivity index (χ4n) is 1.08. The lowest BCUT2D eigenvalue weighted by Gasteiger charge is -2.01. The third-order valence-electron chi connectivity index (χ3n) is 1.72. The largest absolute Gasteiger partial charge is 0.478 e. The minimum atomic E-state index is -1.04. The van der Waals surface area contributed by atoms with Gasteiger partial charge in [0.25, 0.3) is 5.56 Å². The first-order valence-corrected chi connectivity index (χ1v) is 4.62. The zero-order valence-electron chi connectivity index (χ0n) is 8.38. The molecule has 1 aromatic rings. The van der Waals surface area contributed by atoms with Crippen LogP contribution in [-0.2, 0) is 11.3 Å². The quantitative estimate of drug-likeness (QED) is 0.741. The Morgan fingerprint density at radius 3 is 2.93 bits per heavy atom. The minimum absolute atomic E-state index is 0.177. The van der Waals surface area contributed by atoms with Gasteiger partial charge in [0.05, 0.1) is 5.69 Å². The maximum absolute atomic E-state index is 11.3. The number of hydrogen-bond donors (Lipinski definition) is 1. The first-order valence-electron chi connectivity index (χ1n) is 4.62. The van der Waals surface area contributed by atoms with Crippen LogP contribution < -0.4 is 5.56 Å². The second-order valence-electron chi connectivity index (χ2n) is 2.99. The molecule has 0 aliphatic carbocycles. The Morgan fingerprint density at radius 2 is 2.33 bits per heavy atom. The van der Waals surface area contributed by atoms with E-state index in [-0.39, 0.29) is 5.56 Å². The van der Waals surface area contributed by atoms with Crippen molar-refractivity contribution in [3.8, 4) is 0 Å².